The Morgan fingerprint density at radius 1 is 1.09 bits per heavy atom. The first kappa shape index (κ1) is 23.8. The van der Waals surface area contributed by atoms with Crippen molar-refractivity contribution in [3.8, 4) is 5.75 Å². The summed E-state index contributed by atoms with van der Waals surface area (Å²) >= 11 is 1.80. The van der Waals surface area contributed by atoms with Gasteiger partial charge in [-0.25, -0.2) is 0 Å². The maximum absolute atomic E-state index is 13.4. The highest BCUT2D eigenvalue weighted by atomic mass is 32.1. The Labute approximate surface area is 201 Å². The van der Waals surface area contributed by atoms with Gasteiger partial charge in [-0.2, -0.15) is 0 Å². The molecule has 0 radical (unpaired) electrons. The van der Waals surface area contributed by atoms with E-state index >= 15 is 0 Å². The molecule has 0 saturated carbocycles. The molecule has 4 rings (SSSR count). The van der Waals surface area contributed by atoms with Crippen LogP contribution < -0.4 is 4.74 Å². The lowest BCUT2D eigenvalue weighted by molar-refractivity contribution is -0.143. The van der Waals surface area contributed by atoms with E-state index in [2.05, 4.69) is 42.3 Å². The highest BCUT2D eigenvalue weighted by molar-refractivity contribution is 7.10. The molecule has 2 unspecified atom stereocenters. The number of hydrogen-bond donors (Lipinski definition) is 0. The molecule has 2 atom stereocenters. The van der Waals surface area contributed by atoms with Crippen LogP contribution in [0.2, 0.25) is 0 Å². The van der Waals surface area contributed by atoms with Crippen molar-refractivity contribution in [2.75, 3.05) is 39.8 Å². The van der Waals surface area contributed by atoms with Crippen LogP contribution in [0.3, 0.4) is 0 Å². The van der Waals surface area contributed by atoms with Crippen LogP contribution >= 0.6 is 11.3 Å². The summed E-state index contributed by atoms with van der Waals surface area (Å²) in [5.74, 6) is 1.21. The topological polar surface area (TPSA) is 53.1 Å². The van der Waals surface area contributed by atoms with Gasteiger partial charge in [0.1, 0.15) is 5.75 Å². The van der Waals surface area contributed by atoms with Gasteiger partial charge in [-0.1, -0.05) is 25.5 Å². The van der Waals surface area contributed by atoms with Gasteiger partial charge in [-0.15, -0.1) is 11.3 Å². The number of fused-ring (bicyclic) bond motifs is 1. The molecule has 1 fully saturated rings. The van der Waals surface area contributed by atoms with Crippen molar-refractivity contribution < 1.29 is 14.3 Å². The summed E-state index contributed by atoms with van der Waals surface area (Å²) < 4.78 is 5.34. The van der Waals surface area contributed by atoms with E-state index in [1.807, 2.05) is 21.9 Å². The van der Waals surface area contributed by atoms with Gasteiger partial charge >= 0.3 is 0 Å². The summed E-state index contributed by atoms with van der Waals surface area (Å²) in [5, 5.41) is 2.16. The number of rotatable bonds is 7. The number of methoxy groups -OCH3 is 1. The summed E-state index contributed by atoms with van der Waals surface area (Å²) in [7, 11) is 1.68. The quantitative estimate of drug-likeness (QED) is 0.616. The number of hydrogen-bond acceptors (Lipinski definition) is 5. The fourth-order valence-corrected chi connectivity index (χ4v) is 5.92. The third kappa shape index (κ3) is 5.25. The Morgan fingerprint density at radius 2 is 1.88 bits per heavy atom. The van der Waals surface area contributed by atoms with E-state index < -0.39 is 0 Å². The number of carbonyl (C=O) groups excluding carboxylic acids is 2. The number of nitrogens with zero attached hydrogens (tertiary/aromatic N) is 3. The monoisotopic (exact) mass is 469 g/mol. The molecular weight excluding hydrogens is 434 g/mol. The average Bonchev–Trinajstić information content (AvgIpc) is 3.31. The van der Waals surface area contributed by atoms with E-state index in [9.17, 15) is 9.59 Å². The van der Waals surface area contributed by atoms with Crippen molar-refractivity contribution in [3.63, 3.8) is 0 Å². The van der Waals surface area contributed by atoms with Crippen molar-refractivity contribution in [2.24, 2.45) is 0 Å². The SMILES string of the molecule is CCCCC(=O)N1CCN(C(=O)CN2CCc3sccc3C2c2ccc(OC)cc2)CC1C. The summed E-state index contributed by atoms with van der Waals surface area (Å²) in [4.78, 5) is 33.5. The minimum atomic E-state index is 0.0641. The van der Waals surface area contributed by atoms with Crippen LogP contribution in [0.25, 0.3) is 0 Å². The van der Waals surface area contributed by atoms with Gasteiger partial charge in [-0.05, 0) is 54.5 Å². The minimum absolute atomic E-state index is 0.0641. The number of piperazine rings is 1. The van der Waals surface area contributed by atoms with Crippen molar-refractivity contribution in [3.05, 3.63) is 51.7 Å². The summed E-state index contributed by atoms with van der Waals surface area (Å²) in [6.07, 6.45) is 3.53. The summed E-state index contributed by atoms with van der Waals surface area (Å²) in [6, 6.07) is 10.5. The maximum Gasteiger partial charge on any atom is 0.236 e. The molecule has 0 N–H and O–H groups in total. The second-order valence-electron chi connectivity index (χ2n) is 9.07. The fraction of sp³-hybridized carbons (Fsp3) is 0.538. The van der Waals surface area contributed by atoms with E-state index in [1.165, 1.54) is 16.0 Å². The lowest BCUT2D eigenvalue weighted by Gasteiger charge is -2.42. The maximum atomic E-state index is 13.4. The third-order valence-electron chi connectivity index (χ3n) is 6.88. The molecular formula is C26H35N3O3S. The van der Waals surface area contributed by atoms with Gasteiger partial charge in [0, 0.05) is 43.5 Å². The lowest BCUT2D eigenvalue weighted by Crippen LogP contribution is -2.57. The lowest BCUT2D eigenvalue weighted by atomic mass is 9.93. The first-order chi connectivity index (χ1) is 16.0. The second-order valence-corrected chi connectivity index (χ2v) is 10.1. The van der Waals surface area contributed by atoms with Gasteiger partial charge in [-0.3, -0.25) is 14.5 Å². The van der Waals surface area contributed by atoms with E-state index in [1.54, 1.807) is 18.4 Å². The number of thiophene rings is 1. The van der Waals surface area contributed by atoms with E-state index in [-0.39, 0.29) is 23.9 Å². The number of unbranched alkanes of at least 4 members (excludes halogenated alkanes) is 1. The zero-order valence-corrected chi connectivity index (χ0v) is 20.8. The Hall–Kier alpha value is -2.38. The number of carbonyl (C=O) groups is 2. The highest BCUT2D eigenvalue weighted by Gasteiger charge is 2.34. The van der Waals surface area contributed by atoms with Crippen LogP contribution in [0.1, 0.15) is 55.2 Å². The molecule has 7 heteroatoms. The van der Waals surface area contributed by atoms with Crippen LogP contribution in [-0.4, -0.2) is 72.4 Å². The van der Waals surface area contributed by atoms with E-state index in [0.29, 0.717) is 32.6 Å². The molecule has 2 aromatic rings. The molecule has 2 amide bonds. The Kier molecular flexibility index (Phi) is 7.71. The van der Waals surface area contributed by atoms with E-state index in [4.69, 9.17) is 4.74 Å². The predicted octanol–water partition coefficient (Wildman–Crippen LogP) is 3.95. The molecule has 3 heterocycles. The van der Waals surface area contributed by atoms with Crippen molar-refractivity contribution in [1.29, 1.82) is 0 Å². The van der Waals surface area contributed by atoms with Crippen molar-refractivity contribution in [1.82, 2.24) is 14.7 Å². The van der Waals surface area contributed by atoms with Crippen molar-refractivity contribution in [2.45, 2.75) is 51.6 Å². The average molecular weight is 470 g/mol. The molecule has 178 valence electrons. The molecule has 1 aromatic carbocycles. The molecule has 6 nitrogen and oxygen atoms in total. The zero-order valence-electron chi connectivity index (χ0n) is 20.0. The largest absolute Gasteiger partial charge is 0.497 e. The zero-order chi connectivity index (χ0) is 23.4. The first-order valence-corrected chi connectivity index (χ1v) is 12.9. The van der Waals surface area contributed by atoms with Gasteiger partial charge in [0.05, 0.1) is 19.7 Å². The molecule has 0 bridgehead atoms. The molecule has 2 aliphatic heterocycles. The smallest absolute Gasteiger partial charge is 0.236 e. The van der Waals surface area contributed by atoms with Gasteiger partial charge in [0.2, 0.25) is 11.8 Å². The Balaban J connectivity index is 1.45. The van der Waals surface area contributed by atoms with Crippen molar-refractivity contribution >= 4 is 23.2 Å². The van der Waals surface area contributed by atoms with Crippen LogP contribution in [0.4, 0.5) is 0 Å². The van der Waals surface area contributed by atoms with Gasteiger partial charge in [0.25, 0.3) is 0 Å². The molecule has 1 aromatic heterocycles. The van der Waals surface area contributed by atoms with Gasteiger partial charge in [0.15, 0.2) is 0 Å². The molecule has 33 heavy (non-hydrogen) atoms. The highest BCUT2D eigenvalue weighted by Crippen LogP contribution is 2.38. The normalized spacial score (nSPS) is 21.1. The number of amides is 2. The number of ether oxygens (including phenoxy) is 1. The molecule has 1 saturated heterocycles. The summed E-state index contributed by atoms with van der Waals surface area (Å²) in [6.45, 7) is 7.27. The Morgan fingerprint density at radius 3 is 2.58 bits per heavy atom. The Bertz CT molecular complexity index is 958. The number of benzene rings is 1. The minimum Gasteiger partial charge on any atom is -0.497 e. The molecule has 0 spiro atoms. The fourth-order valence-electron chi connectivity index (χ4n) is 5.02. The van der Waals surface area contributed by atoms with E-state index in [0.717, 1.165) is 31.6 Å². The van der Waals surface area contributed by atoms with Crippen LogP contribution in [-0.2, 0) is 16.0 Å². The second kappa shape index (κ2) is 10.7. The van der Waals surface area contributed by atoms with Crippen LogP contribution in [0.5, 0.6) is 5.75 Å². The van der Waals surface area contributed by atoms with Gasteiger partial charge < -0.3 is 14.5 Å². The summed E-state index contributed by atoms with van der Waals surface area (Å²) in [5.41, 5.74) is 2.49. The molecule has 0 aliphatic carbocycles. The van der Waals surface area contributed by atoms with Crippen LogP contribution in [0.15, 0.2) is 35.7 Å². The third-order valence-corrected chi connectivity index (χ3v) is 7.88. The van der Waals surface area contributed by atoms with Crippen LogP contribution in [0, 0.1) is 0 Å². The standard InChI is InChI=1S/C26H35N3O3S/c1-4-5-6-24(30)29-15-14-27(17-19(29)2)25(31)18-28-13-11-23-22(12-16-33-23)26(28)20-7-9-21(32-3)10-8-20/h7-10,12,16,19,26H,4-6,11,13-15,17-18H2,1-3H3. The molecule has 2 aliphatic rings. The first-order valence-electron chi connectivity index (χ1n) is 12.0. The predicted molar refractivity (Wildman–Crippen MR) is 132 cm³/mol.